The molecule has 1 aromatic carbocycles. The number of rotatable bonds is 9. The summed E-state index contributed by atoms with van der Waals surface area (Å²) in [5.41, 5.74) is 0.796. The Morgan fingerprint density at radius 1 is 1.27 bits per heavy atom. The van der Waals surface area contributed by atoms with E-state index in [9.17, 15) is 13.2 Å². The van der Waals surface area contributed by atoms with E-state index in [-0.39, 0.29) is 23.5 Å². The number of nitrogens with zero attached hydrogens (tertiary/aromatic N) is 1. The van der Waals surface area contributed by atoms with Crippen molar-refractivity contribution >= 4 is 50.1 Å². The molecule has 1 aromatic rings. The van der Waals surface area contributed by atoms with Gasteiger partial charge in [0.25, 0.3) is 5.91 Å². The summed E-state index contributed by atoms with van der Waals surface area (Å²) in [6.45, 7) is 2.81. The first-order valence-electron chi connectivity index (χ1n) is 10.1. The molecular formula is C21H27NO5S3. The van der Waals surface area contributed by atoms with E-state index in [1.165, 1.54) is 29.5 Å². The molecule has 0 aromatic heterocycles. The van der Waals surface area contributed by atoms with E-state index >= 15 is 0 Å². The molecular weight excluding hydrogens is 442 g/mol. The SMILES string of the molecule is CCCCCCOc1ccc(/C=C2/SC(=S)N(C3CCS(=O)(=O)C3)C2=O)cc1OC. The lowest BCUT2D eigenvalue weighted by molar-refractivity contribution is -0.123. The number of carbonyl (C=O) groups is 1. The van der Waals surface area contributed by atoms with Crippen LogP contribution in [0.2, 0.25) is 0 Å². The molecule has 0 bridgehead atoms. The number of hydrogen-bond acceptors (Lipinski definition) is 7. The maximum atomic E-state index is 12.9. The number of thioether (sulfide) groups is 1. The van der Waals surface area contributed by atoms with Crippen molar-refractivity contribution in [1.29, 1.82) is 0 Å². The first-order chi connectivity index (χ1) is 14.3. The molecule has 6 nitrogen and oxygen atoms in total. The van der Waals surface area contributed by atoms with Crippen LogP contribution in [0.1, 0.15) is 44.6 Å². The predicted octanol–water partition coefficient (Wildman–Crippen LogP) is 4.04. The molecule has 0 N–H and O–H groups in total. The highest BCUT2D eigenvalue weighted by Gasteiger charge is 2.42. The van der Waals surface area contributed by atoms with Gasteiger partial charge in [-0.15, -0.1) is 0 Å². The predicted molar refractivity (Wildman–Crippen MR) is 125 cm³/mol. The van der Waals surface area contributed by atoms with Gasteiger partial charge >= 0.3 is 0 Å². The van der Waals surface area contributed by atoms with Gasteiger partial charge in [-0.3, -0.25) is 9.69 Å². The molecule has 0 radical (unpaired) electrons. The molecule has 2 saturated heterocycles. The average Bonchev–Trinajstić information content (AvgIpc) is 3.20. The second kappa shape index (κ2) is 10.2. The molecule has 0 saturated carbocycles. The second-order valence-electron chi connectivity index (χ2n) is 7.43. The molecule has 2 fully saturated rings. The van der Waals surface area contributed by atoms with Gasteiger partial charge in [0.05, 0.1) is 36.2 Å². The summed E-state index contributed by atoms with van der Waals surface area (Å²) in [5, 5.41) is 0. The average molecular weight is 470 g/mol. The van der Waals surface area contributed by atoms with Crippen molar-refractivity contribution in [3.05, 3.63) is 28.7 Å². The number of unbranched alkanes of at least 4 members (excludes halogenated alkanes) is 3. The normalized spacial score (nSPS) is 22.1. The van der Waals surface area contributed by atoms with Crippen molar-refractivity contribution < 1.29 is 22.7 Å². The number of sulfone groups is 1. The zero-order valence-corrected chi connectivity index (χ0v) is 19.7. The maximum Gasteiger partial charge on any atom is 0.266 e. The second-order valence-corrected chi connectivity index (χ2v) is 11.3. The number of amides is 1. The molecule has 3 rings (SSSR count). The lowest BCUT2D eigenvalue weighted by Gasteiger charge is -2.20. The summed E-state index contributed by atoms with van der Waals surface area (Å²) < 4.78 is 35.3. The molecule has 1 amide bonds. The molecule has 30 heavy (non-hydrogen) atoms. The summed E-state index contributed by atoms with van der Waals surface area (Å²) in [7, 11) is -1.51. The maximum absolute atomic E-state index is 12.9. The van der Waals surface area contributed by atoms with Crippen molar-refractivity contribution in [2.45, 2.75) is 45.1 Å². The Bertz CT molecular complexity index is 942. The summed E-state index contributed by atoms with van der Waals surface area (Å²) in [6.07, 6.45) is 6.71. The number of benzene rings is 1. The lowest BCUT2D eigenvalue weighted by Crippen LogP contribution is -2.39. The van der Waals surface area contributed by atoms with Gasteiger partial charge in [0, 0.05) is 0 Å². The van der Waals surface area contributed by atoms with E-state index in [0.717, 1.165) is 18.4 Å². The number of thiocarbonyl (C=S) groups is 1. The summed E-state index contributed by atoms with van der Waals surface area (Å²) in [6, 6.07) is 5.17. The highest BCUT2D eigenvalue weighted by atomic mass is 32.2. The standard InChI is InChI=1S/C21H27NO5S3/c1-3-4-5-6-10-27-17-8-7-15(12-18(17)26-2)13-19-20(23)22(21(28)29-19)16-9-11-30(24,25)14-16/h7-8,12-13,16H,3-6,9-11,14H2,1-2H3/b19-13+. The van der Waals surface area contributed by atoms with Crippen LogP contribution in [0.25, 0.3) is 6.08 Å². The van der Waals surface area contributed by atoms with Gasteiger partial charge < -0.3 is 9.47 Å². The Kier molecular flexibility index (Phi) is 7.81. The monoisotopic (exact) mass is 469 g/mol. The molecule has 9 heteroatoms. The van der Waals surface area contributed by atoms with Gasteiger partial charge in [-0.25, -0.2) is 8.42 Å². The summed E-state index contributed by atoms with van der Waals surface area (Å²) in [5.74, 6) is 1.13. The third-order valence-electron chi connectivity index (χ3n) is 5.14. The van der Waals surface area contributed by atoms with Gasteiger partial charge in [0.1, 0.15) is 4.32 Å². The minimum Gasteiger partial charge on any atom is -0.493 e. The Labute approximate surface area is 187 Å². The van der Waals surface area contributed by atoms with Crippen LogP contribution in [0.3, 0.4) is 0 Å². The van der Waals surface area contributed by atoms with Gasteiger partial charge in [-0.2, -0.15) is 0 Å². The molecule has 2 aliphatic heterocycles. The molecule has 2 heterocycles. The van der Waals surface area contributed by atoms with Crippen LogP contribution in [0, 0.1) is 0 Å². The molecule has 1 unspecified atom stereocenters. The number of ether oxygens (including phenoxy) is 2. The third kappa shape index (κ3) is 5.56. The fourth-order valence-corrected chi connectivity index (χ4v) is 6.63. The Morgan fingerprint density at radius 3 is 2.73 bits per heavy atom. The van der Waals surface area contributed by atoms with Crippen LogP contribution < -0.4 is 9.47 Å². The molecule has 0 aliphatic carbocycles. The van der Waals surface area contributed by atoms with Crippen LogP contribution in [0.15, 0.2) is 23.1 Å². The van der Waals surface area contributed by atoms with Crippen molar-refractivity contribution in [3.63, 3.8) is 0 Å². The van der Waals surface area contributed by atoms with E-state index in [4.69, 9.17) is 21.7 Å². The zero-order chi connectivity index (χ0) is 21.7. The smallest absolute Gasteiger partial charge is 0.266 e. The van der Waals surface area contributed by atoms with Gasteiger partial charge in [-0.05, 0) is 36.6 Å². The first-order valence-corrected chi connectivity index (χ1v) is 13.2. The zero-order valence-electron chi connectivity index (χ0n) is 17.3. The fraction of sp³-hybridized carbons (Fsp3) is 0.524. The van der Waals surface area contributed by atoms with E-state index in [2.05, 4.69) is 6.92 Å². The molecule has 2 aliphatic rings. The minimum atomic E-state index is -3.10. The third-order valence-corrected chi connectivity index (χ3v) is 8.22. The first kappa shape index (κ1) is 23.1. The highest BCUT2D eigenvalue weighted by Crippen LogP contribution is 2.37. The lowest BCUT2D eigenvalue weighted by atomic mass is 10.1. The van der Waals surface area contributed by atoms with E-state index in [1.807, 2.05) is 18.2 Å². The minimum absolute atomic E-state index is 0.0230. The quantitative estimate of drug-likeness (QED) is 0.307. The Hall–Kier alpha value is -1.58. The number of methoxy groups -OCH3 is 1. The molecule has 0 spiro atoms. The van der Waals surface area contributed by atoms with Gasteiger partial charge in [-0.1, -0.05) is 56.2 Å². The van der Waals surface area contributed by atoms with Crippen molar-refractivity contribution in [3.8, 4) is 11.5 Å². The van der Waals surface area contributed by atoms with Crippen molar-refractivity contribution in [2.75, 3.05) is 25.2 Å². The summed E-state index contributed by atoms with van der Waals surface area (Å²) >= 11 is 6.56. The van der Waals surface area contributed by atoms with Crippen LogP contribution >= 0.6 is 24.0 Å². The molecule has 1 atom stereocenters. The van der Waals surface area contributed by atoms with E-state index in [1.54, 1.807) is 13.2 Å². The summed E-state index contributed by atoms with van der Waals surface area (Å²) in [4.78, 5) is 14.8. The molecule has 164 valence electrons. The van der Waals surface area contributed by atoms with Crippen molar-refractivity contribution in [2.24, 2.45) is 0 Å². The Balaban J connectivity index is 1.70. The fourth-order valence-electron chi connectivity index (χ4n) is 3.53. The number of carbonyl (C=O) groups excluding carboxylic acids is 1. The topological polar surface area (TPSA) is 72.9 Å². The van der Waals surface area contributed by atoms with Crippen molar-refractivity contribution in [1.82, 2.24) is 4.90 Å². The van der Waals surface area contributed by atoms with E-state index in [0.29, 0.717) is 33.8 Å². The van der Waals surface area contributed by atoms with Crippen LogP contribution in [-0.2, 0) is 14.6 Å². The Morgan fingerprint density at radius 2 is 2.07 bits per heavy atom. The highest BCUT2D eigenvalue weighted by molar-refractivity contribution is 8.26. The van der Waals surface area contributed by atoms with Crippen LogP contribution in [-0.4, -0.2) is 54.8 Å². The van der Waals surface area contributed by atoms with Crippen LogP contribution in [0.4, 0.5) is 0 Å². The van der Waals surface area contributed by atoms with E-state index < -0.39 is 9.84 Å². The van der Waals surface area contributed by atoms with Crippen LogP contribution in [0.5, 0.6) is 11.5 Å². The van der Waals surface area contributed by atoms with Gasteiger partial charge in [0.15, 0.2) is 21.3 Å². The largest absolute Gasteiger partial charge is 0.493 e. The van der Waals surface area contributed by atoms with Gasteiger partial charge in [0.2, 0.25) is 0 Å². The number of hydrogen-bond donors (Lipinski definition) is 0.